The highest BCUT2D eigenvalue weighted by atomic mass is 16.5. The van der Waals surface area contributed by atoms with E-state index in [1.54, 1.807) is 16.7 Å². The van der Waals surface area contributed by atoms with Crippen LogP contribution < -0.4 is 10.5 Å². The molecule has 3 heterocycles. The van der Waals surface area contributed by atoms with Crippen LogP contribution in [-0.4, -0.2) is 33.7 Å². The minimum Gasteiger partial charge on any atom is -0.366 e. The summed E-state index contributed by atoms with van der Waals surface area (Å²) in [6.07, 6.45) is 1.74. The van der Waals surface area contributed by atoms with Gasteiger partial charge in [-0.15, -0.1) is 0 Å². The summed E-state index contributed by atoms with van der Waals surface area (Å²) in [5.41, 5.74) is 0.0658. The summed E-state index contributed by atoms with van der Waals surface area (Å²) in [5, 5.41) is 0. The highest BCUT2D eigenvalue weighted by Crippen LogP contribution is 2.30. The Hall–Kier alpha value is -1.88. The predicted molar refractivity (Wildman–Crippen MR) is 82.9 cm³/mol. The molecule has 1 saturated heterocycles. The first kappa shape index (κ1) is 14.1. The van der Waals surface area contributed by atoms with Gasteiger partial charge in [-0.25, -0.2) is 4.98 Å². The molecule has 1 aliphatic rings. The van der Waals surface area contributed by atoms with E-state index in [9.17, 15) is 4.79 Å². The van der Waals surface area contributed by atoms with Crippen LogP contribution in [-0.2, 0) is 4.74 Å². The van der Waals surface area contributed by atoms with E-state index in [2.05, 4.69) is 37.6 Å². The summed E-state index contributed by atoms with van der Waals surface area (Å²) >= 11 is 0. The highest BCUT2D eigenvalue weighted by Gasteiger charge is 2.38. The summed E-state index contributed by atoms with van der Waals surface area (Å²) in [6.45, 7) is 9.69. The summed E-state index contributed by atoms with van der Waals surface area (Å²) < 4.78 is 7.63. The molecule has 0 saturated carbocycles. The Bertz CT molecular complexity index is 718. The van der Waals surface area contributed by atoms with Crippen molar-refractivity contribution >= 4 is 11.5 Å². The molecule has 2 aromatic rings. The third-order valence-corrected chi connectivity index (χ3v) is 3.58. The number of pyridine rings is 1. The third-order valence-electron chi connectivity index (χ3n) is 3.58. The zero-order valence-corrected chi connectivity index (χ0v) is 13.0. The lowest BCUT2D eigenvalue weighted by atomic mass is 9.99. The Labute approximate surface area is 124 Å². The van der Waals surface area contributed by atoms with Gasteiger partial charge in [0.1, 0.15) is 11.5 Å². The van der Waals surface area contributed by atoms with Crippen molar-refractivity contribution in [3.05, 3.63) is 40.8 Å². The molecule has 5 nitrogen and oxygen atoms in total. The van der Waals surface area contributed by atoms with E-state index >= 15 is 0 Å². The fourth-order valence-electron chi connectivity index (χ4n) is 3.15. The van der Waals surface area contributed by atoms with E-state index in [1.807, 2.05) is 18.2 Å². The number of ether oxygens (including phenoxy) is 1. The Kier molecular flexibility index (Phi) is 3.06. The molecule has 21 heavy (non-hydrogen) atoms. The molecule has 1 fully saturated rings. The van der Waals surface area contributed by atoms with E-state index in [0.29, 0.717) is 18.7 Å². The van der Waals surface area contributed by atoms with Crippen LogP contribution in [0.25, 0.3) is 5.65 Å². The Morgan fingerprint density at radius 3 is 2.48 bits per heavy atom. The molecule has 1 aliphatic heterocycles. The quantitative estimate of drug-likeness (QED) is 0.806. The topological polar surface area (TPSA) is 46.8 Å². The number of nitrogens with zero attached hydrogens (tertiary/aromatic N) is 3. The molecule has 3 rings (SSSR count). The SMILES string of the molecule is CC1(C)CN(c2cc(=O)n3ccccc3n2)CC(C)(C)O1. The second-order valence-corrected chi connectivity index (χ2v) is 6.86. The molecule has 0 bridgehead atoms. The summed E-state index contributed by atoms with van der Waals surface area (Å²) in [6, 6.07) is 7.17. The van der Waals surface area contributed by atoms with E-state index in [-0.39, 0.29) is 16.8 Å². The molecule has 2 aromatic heterocycles. The maximum Gasteiger partial charge on any atom is 0.259 e. The average Bonchev–Trinajstić information content (AvgIpc) is 2.35. The van der Waals surface area contributed by atoms with Crippen molar-refractivity contribution in [1.82, 2.24) is 9.38 Å². The molecule has 0 atom stereocenters. The van der Waals surface area contributed by atoms with Gasteiger partial charge in [-0.3, -0.25) is 9.20 Å². The second-order valence-electron chi connectivity index (χ2n) is 6.86. The van der Waals surface area contributed by atoms with Gasteiger partial charge in [0.2, 0.25) is 0 Å². The summed E-state index contributed by atoms with van der Waals surface area (Å²) in [4.78, 5) is 19.0. The van der Waals surface area contributed by atoms with Crippen LogP contribution in [0.2, 0.25) is 0 Å². The van der Waals surface area contributed by atoms with Crippen molar-refractivity contribution < 1.29 is 4.74 Å². The zero-order valence-electron chi connectivity index (χ0n) is 13.0. The van der Waals surface area contributed by atoms with Crippen LogP contribution in [0, 0.1) is 0 Å². The van der Waals surface area contributed by atoms with Gasteiger partial charge in [0.05, 0.1) is 11.2 Å². The number of hydrogen-bond donors (Lipinski definition) is 0. The van der Waals surface area contributed by atoms with Crippen LogP contribution >= 0.6 is 0 Å². The average molecular weight is 287 g/mol. The van der Waals surface area contributed by atoms with Crippen molar-refractivity contribution in [2.75, 3.05) is 18.0 Å². The third kappa shape index (κ3) is 2.78. The van der Waals surface area contributed by atoms with E-state index in [0.717, 1.165) is 5.82 Å². The Balaban J connectivity index is 2.06. The summed E-state index contributed by atoms with van der Waals surface area (Å²) in [5.74, 6) is 0.718. The minimum absolute atomic E-state index is 0.0577. The van der Waals surface area contributed by atoms with Gasteiger partial charge in [-0.05, 0) is 39.8 Å². The Morgan fingerprint density at radius 1 is 1.14 bits per heavy atom. The first-order chi connectivity index (χ1) is 9.76. The molecule has 0 spiro atoms. The molecule has 5 heteroatoms. The van der Waals surface area contributed by atoms with E-state index < -0.39 is 0 Å². The van der Waals surface area contributed by atoms with Crippen molar-refractivity contribution in [3.8, 4) is 0 Å². The lowest BCUT2D eigenvalue weighted by molar-refractivity contribution is -0.133. The maximum atomic E-state index is 12.2. The molecule has 0 amide bonds. The van der Waals surface area contributed by atoms with Crippen molar-refractivity contribution in [2.24, 2.45) is 0 Å². The summed E-state index contributed by atoms with van der Waals surface area (Å²) in [7, 11) is 0. The minimum atomic E-state index is -0.273. The van der Waals surface area contributed by atoms with Crippen LogP contribution in [0.3, 0.4) is 0 Å². The molecular formula is C16H21N3O2. The van der Waals surface area contributed by atoms with Crippen molar-refractivity contribution in [2.45, 2.75) is 38.9 Å². The van der Waals surface area contributed by atoms with Gasteiger partial charge >= 0.3 is 0 Å². The van der Waals surface area contributed by atoms with Crippen LogP contribution in [0.5, 0.6) is 0 Å². The number of anilines is 1. The zero-order chi connectivity index (χ0) is 15.3. The predicted octanol–water partition coefficient (Wildman–Crippen LogP) is 2.09. The standard InChI is InChI=1S/C16H21N3O2/c1-15(2)10-18(11-16(3,4)21-15)13-9-14(20)19-8-6-5-7-12(19)17-13/h5-9H,10-11H2,1-4H3. The molecule has 0 aromatic carbocycles. The van der Waals surface area contributed by atoms with Crippen LogP contribution in [0.4, 0.5) is 5.82 Å². The van der Waals surface area contributed by atoms with Crippen molar-refractivity contribution in [1.29, 1.82) is 0 Å². The van der Waals surface area contributed by atoms with Gasteiger partial charge in [0, 0.05) is 25.4 Å². The monoisotopic (exact) mass is 287 g/mol. The lowest BCUT2D eigenvalue weighted by Gasteiger charge is -2.47. The molecule has 0 unspecified atom stereocenters. The van der Waals surface area contributed by atoms with Crippen LogP contribution in [0.1, 0.15) is 27.7 Å². The van der Waals surface area contributed by atoms with Gasteiger partial charge in [0.25, 0.3) is 5.56 Å². The normalized spacial score (nSPS) is 20.7. The van der Waals surface area contributed by atoms with Gasteiger partial charge in [-0.2, -0.15) is 0 Å². The van der Waals surface area contributed by atoms with E-state index in [1.165, 1.54) is 0 Å². The second kappa shape index (κ2) is 4.56. The van der Waals surface area contributed by atoms with E-state index in [4.69, 9.17) is 4.74 Å². The fourth-order valence-corrected chi connectivity index (χ4v) is 3.15. The number of morpholine rings is 1. The Morgan fingerprint density at radius 2 is 1.81 bits per heavy atom. The van der Waals surface area contributed by atoms with Crippen molar-refractivity contribution in [3.63, 3.8) is 0 Å². The first-order valence-electron chi connectivity index (χ1n) is 7.19. The number of hydrogen-bond acceptors (Lipinski definition) is 4. The van der Waals surface area contributed by atoms with Gasteiger partial charge < -0.3 is 9.64 Å². The lowest BCUT2D eigenvalue weighted by Crippen LogP contribution is -2.57. The smallest absolute Gasteiger partial charge is 0.259 e. The number of fused-ring (bicyclic) bond motifs is 1. The number of rotatable bonds is 1. The molecular weight excluding hydrogens is 266 g/mol. The largest absolute Gasteiger partial charge is 0.366 e. The molecule has 112 valence electrons. The maximum absolute atomic E-state index is 12.2. The van der Waals surface area contributed by atoms with Gasteiger partial charge in [-0.1, -0.05) is 6.07 Å². The molecule has 0 N–H and O–H groups in total. The molecule has 0 aliphatic carbocycles. The number of aromatic nitrogens is 2. The fraction of sp³-hybridized carbons (Fsp3) is 0.500. The van der Waals surface area contributed by atoms with Gasteiger partial charge in [0.15, 0.2) is 0 Å². The molecule has 0 radical (unpaired) electrons. The van der Waals surface area contributed by atoms with Crippen LogP contribution in [0.15, 0.2) is 35.3 Å². The first-order valence-corrected chi connectivity index (χ1v) is 7.19. The highest BCUT2D eigenvalue weighted by molar-refractivity contribution is 5.48.